The first-order chi connectivity index (χ1) is 12.7. The second-order valence-corrected chi connectivity index (χ2v) is 5.59. The Morgan fingerprint density at radius 1 is 0.577 bits per heavy atom. The lowest BCUT2D eigenvalue weighted by atomic mass is 10.1. The van der Waals surface area contributed by atoms with Crippen LogP contribution in [0.4, 0.5) is 11.9 Å². The van der Waals surface area contributed by atoms with Gasteiger partial charge in [-0.05, 0) is 12.1 Å². The molecule has 0 bridgehead atoms. The number of anilines is 2. The summed E-state index contributed by atoms with van der Waals surface area (Å²) < 4.78 is 0. The topological polar surface area (TPSA) is 116 Å². The first kappa shape index (κ1) is 15.6. The number of hydrogen-bond acceptors (Lipinski definition) is 7. The molecule has 0 unspecified atom stereocenters. The number of nitrogens with two attached hydrogens (primary N) is 2. The zero-order valence-electron chi connectivity index (χ0n) is 13.7. The van der Waals surface area contributed by atoms with Crippen LogP contribution in [0.25, 0.3) is 34.0 Å². The third kappa shape index (κ3) is 3.18. The molecule has 0 spiro atoms. The maximum absolute atomic E-state index is 5.90. The van der Waals surface area contributed by atoms with E-state index in [0.717, 1.165) is 22.4 Å². The monoisotopic (exact) mass is 341 g/mol. The number of benzene rings is 2. The third-order valence-electron chi connectivity index (χ3n) is 3.78. The van der Waals surface area contributed by atoms with Crippen molar-refractivity contribution < 1.29 is 0 Å². The van der Waals surface area contributed by atoms with Crippen LogP contribution in [0.15, 0.2) is 66.9 Å². The second kappa shape index (κ2) is 6.56. The molecule has 7 nitrogen and oxygen atoms in total. The molecule has 0 saturated heterocycles. The molecule has 126 valence electrons. The first-order valence-electron chi connectivity index (χ1n) is 7.95. The van der Waals surface area contributed by atoms with Crippen molar-refractivity contribution in [3.63, 3.8) is 0 Å². The Labute approximate surface area is 149 Å². The Hall–Kier alpha value is -3.87. The van der Waals surface area contributed by atoms with Crippen LogP contribution in [0.1, 0.15) is 0 Å². The molecule has 2 aromatic carbocycles. The maximum Gasteiger partial charge on any atom is 0.224 e. The van der Waals surface area contributed by atoms with Gasteiger partial charge in [0.15, 0.2) is 11.6 Å². The van der Waals surface area contributed by atoms with Crippen molar-refractivity contribution in [2.45, 2.75) is 0 Å². The van der Waals surface area contributed by atoms with Gasteiger partial charge in [-0.1, -0.05) is 48.5 Å². The molecule has 4 N–H and O–H groups in total. The minimum Gasteiger partial charge on any atom is -0.368 e. The largest absolute Gasteiger partial charge is 0.368 e. The van der Waals surface area contributed by atoms with Crippen molar-refractivity contribution in [3.8, 4) is 34.0 Å². The minimum atomic E-state index is 0.172. The summed E-state index contributed by atoms with van der Waals surface area (Å²) >= 11 is 0. The van der Waals surface area contributed by atoms with E-state index in [-0.39, 0.29) is 11.9 Å². The van der Waals surface area contributed by atoms with Crippen LogP contribution < -0.4 is 11.5 Å². The zero-order valence-corrected chi connectivity index (χ0v) is 13.7. The van der Waals surface area contributed by atoms with Gasteiger partial charge in [-0.3, -0.25) is 0 Å². The summed E-state index contributed by atoms with van der Waals surface area (Å²) in [7, 11) is 0. The van der Waals surface area contributed by atoms with E-state index in [4.69, 9.17) is 11.5 Å². The molecular formula is C19H15N7. The molecule has 26 heavy (non-hydrogen) atoms. The van der Waals surface area contributed by atoms with Crippen molar-refractivity contribution in [1.82, 2.24) is 24.9 Å². The molecule has 0 amide bonds. The summed E-state index contributed by atoms with van der Waals surface area (Å²) in [6, 6.07) is 19.1. The van der Waals surface area contributed by atoms with Crippen molar-refractivity contribution in [2.75, 3.05) is 11.5 Å². The summed E-state index contributed by atoms with van der Waals surface area (Å²) in [5.74, 6) is 1.43. The van der Waals surface area contributed by atoms with Crippen LogP contribution in [0, 0.1) is 0 Å². The Morgan fingerprint density at radius 3 is 2.04 bits per heavy atom. The Balaban J connectivity index is 1.79. The zero-order chi connectivity index (χ0) is 17.9. The molecule has 4 rings (SSSR count). The predicted octanol–water partition coefficient (Wildman–Crippen LogP) is 2.83. The van der Waals surface area contributed by atoms with E-state index in [9.17, 15) is 0 Å². The molecule has 0 aliphatic heterocycles. The quantitative estimate of drug-likeness (QED) is 0.588. The van der Waals surface area contributed by atoms with E-state index in [1.54, 1.807) is 12.3 Å². The highest BCUT2D eigenvalue weighted by molar-refractivity contribution is 5.69. The number of rotatable bonds is 3. The van der Waals surface area contributed by atoms with Gasteiger partial charge in [0.1, 0.15) is 0 Å². The fourth-order valence-corrected chi connectivity index (χ4v) is 2.59. The fourth-order valence-electron chi connectivity index (χ4n) is 2.59. The smallest absolute Gasteiger partial charge is 0.224 e. The van der Waals surface area contributed by atoms with Gasteiger partial charge in [-0.2, -0.15) is 9.97 Å². The summed E-state index contributed by atoms with van der Waals surface area (Å²) in [5.41, 5.74) is 14.9. The number of hydrogen-bond donors (Lipinski definition) is 2. The molecular weight excluding hydrogens is 326 g/mol. The molecule has 4 aromatic rings. The van der Waals surface area contributed by atoms with Crippen LogP contribution >= 0.6 is 0 Å². The van der Waals surface area contributed by atoms with Crippen LogP contribution in [0.2, 0.25) is 0 Å². The average Bonchev–Trinajstić information content (AvgIpc) is 2.68. The molecule has 0 fully saturated rings. The number of aromatic nitrogens is 5. The van der Waals surface area contributed by atoms with E-state index >= 15 is 0 Å². The molecule has 0 aliphatic rings. The van der Waals surface area contributed by atoms with Gasteiger partial charge in [-0.15, -0.1) is 0 Å². The molecule has 7 heteroatoms. The van der Waals surface area contributed by atoms with Crippen molar-refractivity contribution in [2.24, 2.45) is 0 Å². The summed E-state index contributed by atoms with van der Waals surface area (Å²) in [6.07, 6.45) is 1.62. The lowest BCUT2D eigenvalue weighted by molar-refractivity contribution is 1.08. The van der Waals surface area contributed by atoms with Crippen LogP contribution in [0.3, 0.4) is 0 Å². The normalized spacial score (nSPS) is 10.6. The predicted molar refractivity (Wildman–Crippen MR) is 101 cm³/mol. The Morgan fingerprint density at radius 2 is 1.27 bits per heavy atom. The molecule has 2 heterocycles. The molecule has 0 atom stereocenters. The standard InChI is InChI=1S/C19H15N7/c20-18-22-10-9-15(23-18)13-7-4-8-14(11-13)17-24-16(25-19(21)26-17)12-5-2-1-3-6-12/h1-11H,(H2,20,22,23)(H2,21,24,25,26). The van der Waals surface area contributed by atoms with Gasteiger partial charge in [0.25, 0.3) is 0 Å². The van der Waals surface area contributed by atoms with Gasteiger partial charge in [0.2, 0.25) is 11.9 Å². The van der Waals surface area contributed by atoms with E-state index in [0.29, 0.717) is 11.6 Å². The van der Waals surface area contributed by atoms with Crippen LogP contribution in [0.5, 0.6) is 0 Å². The maximum atomic E-state index is 5.90. The number of nitrogen functional groups attached to an aromatic ring is 2. The Bertz CT molecular complexity index is 1060. The number of nitrogens with zero attached hydrogens (tertiary/aromatic N) is 5. The van der Waals surface area contributed by atoms with Gasteiger partial charge >= 0.3 is 0 Å². The lowest BCUT2D eigenvalue weighted by Crippen LogP contribution is -2.02. The van der Waals surface area contributed by atoms with Gasteiger partial charge in [0.05, 0.1) is 5.69 Å². The van der Waals surface area contributed by atoms with Gasteiger partial charge in [-0.25, -0.2) is 15.0 Å². The van der Waals surface area contributed by atoms with Crippen molar-refractivity contribution in [1.29, 1.82) is 0 Å². The van der Waals surface area contributed by atoms with E-state index in [1.165, 1.54) is 0 Å². The molecule has 0 saturated carbocycles. The van der Waals surface area contributed by atoms with E-state index in [1.807, 2.05) is 54.6 Å². The average molecular weight is 341 g/mol. The summed E-state index contributed by atoms with van der Waals surface area (Å²) in [6.45, 7) is 0. The van der Waals surface area contributed by atoms with Crippen LogP contribution in [-0.4, -0.2) is 24.9 Å². The summed E-state index contributed by atoms with van der Waals surface area (Å²) in [5, 5.41) is 0. The minimum absolute atomic E-state index is 0.172. The Kier molecular flexibility index (Phi) is 3.95. The van der Waals surface area contributed by atoms with E-state index < -0.39 is 0 Å². The SMILES string of the molecule is Nc1nccc(-c2cccc(-c3nc(N)nc(-c4ccccc4)n3)c2)n1. The summed E-state index contributed by atoms with van der Waals surface area (Å²) in [4.78, 5) is 21.3. The fraction of sp³-hybridized carbons (Fsp3) is 0. The lowest BCUT2D eigenvalue weighted by Gasteiger charge is -2.07. The van der Waals surface area contributed by atoms with Gasteiger partial charge in [0, 0.05) is 22.9 Å². The van der Waals surface area contributed by atoms with Crippen molar-refractivity contribution in [3.05, 3.63) is 66.9 Å². The third-order valence-corrected chi connectivity index (χ3v) is 3.78. The van der Waals surface area contributed by atoms with Crippen LogP contribution in [-0.2, 0) is 0 Å². The van der Waals surface area contributed by atoms with Crippen molar-refractivity contribution >= 4 is 11.9 Å². The van der Waals surface area contributed by atoms with Gasteiger partial charge < -0.3 is 11.5 Å². The van der Waals surface area contributed by atoms with E-state index in [2.05, 4.69) is 24.9 Å². The highest BCUT2D eigenvalue weighted by atomic mass is 15.1. The highest BCUT2D eigenvalue weighted by Crippen LogP contribution is 2.25. The first-order valence-corrected chi connectivity index (χ1v) is 7.95. The molecule has 2 aromatic heterocycles. The second-order valence-electron chi connectivity index (χ2n) is 5.59. The molecule has 0 radical (unpaired) electrons. The highest BCUT2D eigenvalue weighted by Gasteiger charge is 2.10. The molecule has 0 aliphatic carbocycles.